The molecule has 0 saturated carbocycles. The lowest BCUT2D eigenvalue weighted by Crippen LogP contribution is -2.42. The van der Waals surface area contributed by atoms with Crippen molar-refractivity contribution in [1.82, 2.24) is 5.32 Å². The van der Waals surface area contributed by atoms with Crippen molar-refractivity contribution in [3.8, 4) is 5.75 Å². The molecule has 2 rings (SSSR count). The Morgan fingerprint density at radius 1 is 1.56 bits per heavy atom. The highest BCUT2D eigenvalue weighted by Gasteiger charge is 2.23. The number of ether oxygens (including phenoxy) is 2. The summed E-state index contributed by atoms with van der Waals surface area (Å²) < 4.78 is 10.9. The Balaban J connectivity index is 1.84. The van der Waals surface area contributed by atoms with E-state index in [0.29, 0.717) is 6.61 Å². The molecule has 2 N–H and O–H groups in total. The number of rotatable bonds is 6. The normalized spacial score (nSPS) is 19.4. The van der Waals surface area contributed by atoms with Gasteiger partial charge in [-0.2, -0.15) is 0 Å². The Labute approximate surface area is 108 Å². The lowest BCUT2D eigenvalue weighted by molar-refractivity contribution is 0.119. The molecule has 0 spiro atoms. The number of methoxy groups -OCH3 is 1. The van der Waals surface area contributed by atoms with Gasteiger partial charge in [0.25, 0.3) is 0 Å². The largest absolute Gasteiger partial charge is 0.488 e. The second-order valence-corrected chi connectivity index (χ2v) is 4.80. The van der Waals surface area contributed by atoms with Gasteiger partial charge in [0.1, 0.15) is 11.9 Å². The molecule has 0 saturated heterocycles. The van der Waals surface area contributed by atoms with Crippen LogP contribution in [-0.4, -0.2) is 44.1 Å². The number of benzene rings is 1. The quantitative estimate of drug-likeness (QED) is 0.788. The minimum atomic E-state index is -0.0240. The van der Waals surface area contributed by atoms with Crippen LogP contribution < -0.4 is 10.1 Å². The first-order valence-corrected chi connectivity index (χ1v) is 6.32. The number of fused-ring (bicyclic) bond motifs is 1. The molecule has 1 aromatic rings. The Hall–Kier alpha value is -1.10. The maximum absolute atomic E-state index is 9.16. The van der Waals surface area contributed by atoms with Crippen molar-refractivity contribution in [2.75, 3.05) is 26.9 Å². The fourth-order valence-corrected chi connectivity index (χ4v) is 2.24. The Bertz CT molecular complexity index is 395. The van der Waals surface area contributed by atoms with Crippen LogP contribution in [0.3, 0.4) is 0 Å². The van der Waals surface area contributed by atoms with Crippen LogP contribution in [0.5, 0.6) is 5.75 Å². The van der Waals surface area contributed by atoms with Gasteiger partial charge < -0.3 is 19.9 Å². The van der Waals surface area contributed by atoms with Crippen molar-refractivity contribution in [3.63, 3.8) is 0 Å². The smallest absolute Gasteiger partial charge is 0.123 e. The maximum atomic E-state index is 9.16. The Morgan fingerprint density at radius 2 is 2.39 bits per heavy atom. The summed E-state index contributed by atoms with van der Waals surface area (Å²) in [5.74, 6) is 0.986. The standard InChI is InChI=1S/C14H21NO3/c1-10-3-4-14-11(5-10)6-13(18-14)7-15-12(8-16)9-17-2/h3-5,12-13,15-16H,6-9H2,1-2H3. The summed E-state index contributed by atoms with van der Waals surface area (Å²) >= 11 is 0. The summed E-state index contributed by atoms with van der Waals surface area (Å²) in [6.07, 6.45) is 1.07. The molecular weight excluding hydrogens is 230 g/mol. The van der Waals surface area contributed by atoms with Crippen LogP contribution in [0.4, 0.5) is 0 Å². The van der Waals surface area contributed by atoms with E-state index in [-0.39, 0.29) is 18.8 Å². The topological polar surface area (TPSA) is 50.7 Å². The molecule has 18 heavy (non-hydrogen) atoms. The zero-order valence-electron chi connectivity index (χ0n) is 11.0. The lowest BCUT2D eigenvalue weighted by atomic mass is 10.1. The van der Waals surface area contributed by atoms with Crippen LogP contribution in [0.2, 0.25) is 0 Å². The highest BCUT2D eigenvalue weighted by atomic mass is 16.5. The highest BCUT2D eigenvalue weighted by molar-refractivity contribution is 5.40. The minimum absolute atomic E-state index is 0.0240. The molecule has 1 aliphatic rings. The zero-order chi connectivity index (χ0) is 13.0. The van der Waals surface area contributed by atoms with E-state index < -0.39 is 0 Å². The summed E-state index contributed by atoms with van der Waals surface area (Å²) in [6, 6.07) is 6.25. The number of aliphatic hydroxyl groups excluding tert-OH is 1. The molecule has 2 unspecified atom stereocenters. The molecule has 0 radical (unpaired) electrons. The fourth-order valence-electron chi connectivity index (χ4n) is 2.24. The minimum Gasteiger partial charge on any atom is -0.488 e. The van der Waals surface area contributed by atoms with Gasteiger partial charge in [-0.1, -0.05) is 17.7 Å². The summed E-state index contributed by atoms with van der Waals surface area (Å²) in [6.45, 7) is 3.40. The van der Waals surface area contributed by atoms with Gasteiger partial charge in [-0.3, -0.25) is 0 Å². The van der Waals surface area contributed by atoms with Crippen molar-refractivity contribution < 1.29 is 14.6 Å². The third-order valence-corrected chi connectivity index (χ3v) is 3.18. The first-order chi connectivity index (χ1) is 8.72. The molecule has 1 heterocycles. The maximum Gasteiger partial charge on any atom is 0.123 e. The molecule has 4 nitrogen and oxygen atoms in total. The van der Waals surface area contributed by atoms with E-state index in [1.807, 2.05) is 6.07 Å². The van der Waals surface area contributed by atoms with Gasteiger partial charge in [0, 0.05) is 20.1 Å². The van der Waals surface area contributed by atoms with Crippen LogP contribution >= 0.6 is 0 Å². The lowest BCUT2D eigenvalue weighted by Gasteiger charge is -2.18. The zero-order valence-corrected chi connectivity index (χ0v) is 11.0. The number of aliphatic hydroxyl groups is 1. The van der Waals surface area contributed by atoms with E-state index in [9.17, 15) is 0 Å². The molecular formula is C14H21NO3. The van der Waals surface area contributed by atoms with Gasteiger partial charge in [0.05, 0.1) is 19.3 Å². The molecule has 4 heteroatoms. The highest BCUT2D eigenvalue weighted by Crippen LogP contribution is 2.29. The van der Waals surface area contributed by atoms with Crippen LogP contribution in [-0.2, 0) is 11.2 Å². The molecule has 100 valence electrons. The SMILES string of the molecule is COCC(CO)NCC1Cc2cc(C)ccc2O1. The van der Waals surface area contributed by atoms with Crippen LogP contribution in [0, 0.1) is 6.92 Å². The molecule has 0 bridgehead atoms. The van der Waals surface area contributed by atoms with Crippen LogP contribution in [0.15, 0.2) is 18.2 Å². The number of hydrogen-bond acceptors (Lipinski definition) is 4. The van der Waals surface area contributed by atoms with E-state index in [1.165, 1.54) is 11.1 Å². The van der Waals surface area contributed by atoms with Crippen molar-refractivity contribution >= 4 is 0 Å². The molecule has 2 atom stereocenters. The van der Waals surface area contributed by atoms with E-state index in [0.717, 1.165) is 18.7 Å². The molecule has 0 aromatic heterocycles. The van der Waals surface area contributed by atoms with Gasteiger partial charge >= 0.3 is 0 Å². The van der Waals surface area contributed by atoms with E-state index in [4.69, 9.17) is 14.6 Å². The van der Waals surface area contributed by atoms with Gasteiger partial charge in [-0.15, -0.1) is 0 Å². The van der Waals surface area contributed by atoms with Gasteiger partial charge in [-0.25, -0.2) is 0 Å². The summed E-state index contributed by atoms with van der Waals surface area (Å²) in [5.41, 5.74) is 2.53. The van der Waals surface area contributed by atoms with Crippen molar-refractivity contribution in [2.45, 2.75) is 25.5 Å². The van der Waals surface area contributed by atoms with Gasteiger partial charge in [-0.05, 0) is 18.6 Å². The van der Waals surface area contributed by atoms with Crippen molar-refractivity contribution in [2.24, 2.45) is 0 Å². The third kappa shape index (κ3) is 3.22. The second-order valence-electron chi connectivity index (χ2n) is 4.80. The van der Waals surface area contributed by atoms with Crippen molar-refractivity contribution in [3.05, 3.63) is 29.3 Å². The van der Waals surface area contributed by atoms with E-state index in [1.54, 1.807) is 7.11 Å². The first kappa shape index (κ1) is 13.3. The predicted octanol–water partition coefficient (Wildman–Crippen LogP) is 0.895. The monoisotopic (exact) mass is 251 g/mol. The molecule has 1 aliphatic heterocycles. The molecule has 0 fully saturated rings. The first-order valence-electron chi connectivity index (χ1n) is 6.32. The number of aryl methyl sites for hydroxylation is 1. The van der Waals surface area contributed by atoms with Crippen LogP contribution in [0.25, 0.3) is 0 Å². The van der Waals surface area contributed by atoms with Crippen molar-refractivity contribution in [1.29, 1.82) is 0 Å². The van der Waals surface area contributed by atoms with Gasteiger partial charge in [0.2, 0.25) is 0 Å². The van der Waals surface area contributed by atoms with E-state index in [2.05, 4.69) is 24.4 Å². The van der Waals surface area contributed by atoms with Gasteiger partial charge in [0.15, 0.2) is 0 Å². The number of nitrogens with one attached hydrogen (secondary N) is 1. The molecule has 0 amide bonds. The Morgan fingerprint density at radius 3 is 3.11 bits per heavy atom. The summed E-state index contributed by atoms with van der Waals surface area (Å²) in [7, 11) is 1.63. The summed E-state index contributed by atoms with van der Waals surface area (Å²) in [5, 5.41) is 12.4. The van der Waals surface area contributed by atoms with Crippen LogP contribution in [0.1, 0.15) is 11.1 Å². The average Bonchev–Trinajstić information content (AvgIpc) is 2.76. The molecule has 1 aromatic carbocycles. The number of hydrogen-bond donors (Lipinski definition) is 2. The average molecular weight is 251 g/mol. The second kappa shape index (κ2) is 6.18. The summed E-state index contributed by atoms with van der Waals surface area (Å²) in [4.78, 5) is 0. The third-order valence-electron chi connectivity index (χ3n) is 3.18. The fraction of sp³-hybridized carbons (Fsp3) is 0.571. The van der Waals surface area contributed by atoms with E-state index >= 15 is 0 Å². The predicted molar refractivity (Wildman–Crippen MR) is 70.1 cm³/mol. The Kier molecular flexibility index (Phi) is 4.58. The molecule has 0 aliphatic carbocycles.